The number of carbonyl (C=O) groups is 1. The molecule has 3 heteroatoms. The minimum absolute atomic E-state index is 0.287. The van der Waals surface area contributed by atoms with Gasteiger partial charge in [-0.2, -0.15) is 0 Å². The molecule has 2 aromatic carbocycles. The summed E-state index contributed by atoms with van der Waals surface area (Å²) in [6, 6.07) is 17.9. The highest BCUT2D eigenvalue weighted by atomic mass is 28.3. The molecule has 0 saturated carbocycles. The zero-order valence-corrected chi connectivity index (χ0v) is 15.8. The number of benzene rings is 2. The van der Waals surface area contributed by atoms with Gasteiger partial charge in [0, 0.05) is 0 Å². The minimum Gasteiger partial charge on any atom is -0.462 e. The fourth-order valence-electron chi connectivity index (χ4n) is 2.46. The topological polar surface area (TPSA) is 26.3 Å². The first kappa shape index (κ1) is 18.0. The third-order valence-electron chi connectivity index (χ3n) is 3.59. The Labute approximate surface area is 145 Å². The molecule has 0 bridgehead atoms. The molecule has 0 spiro atoms. The van der Waals surface area contributed by atoms with E-state index in [0.717, 1.165) is 5.56 Å². The van der Waals surface area contributed by atoms with Gasteiger partial charge in [-0.05, 0) is 41.5 Å². The molecule has 0 aromatic heterocycles. The first-order valence-corrected chi connectivity index (χ1v) is 11.7. The van der Waals surface area contributed by atoms with Crippen LogP contribution >= 0.6 is 0 Å². The van der Waals surface area contributed by atoms with Gasteiger partial charge in [0.15, 0.2) is 0 Å². The van der Waals surface area contributed by atoms with Crippen LogP contribution in [-0.4, -0.2) is 20.7 Å². The lowest BCUT2D eigenvalue weighted by atomic mass is 10.1. The Morgan fingerprint density at radius 1 is 1.04 bits per heavy atom. The predicted octanol–water partition coefficient (Wildman–Crippen LogP) is 5.44. The van der Waals surface area contributed by atoms with Crippen molar-refractivity contribution in [3.8, 4) is 0 Å². The summed E-state index contributed by atoms with van der Waals surface area (Å²) in [6.45, 7) is 9.12. The van der Waals surface area contributed by atoms with E-state index < -0.39 is 8.07 Å². The zero-order chi connectivity index (χ0) is 17.6. The van der Waals surface area contributed by atoms with Crippen molar-refractivity contribution in [1.82, 2.24) is 0 Å². The maximum Gasteiger partial charge on any atom is 0.338 e. The van der Waals surface area contributed by atoms with Gasteiger partial charge in [0.2, 0.25) is 0 Å². The third kappa shape index (κ3) is 4.82. The van der Waals surface area contributed by atoms with Gasteiger partial charge in [-0.3, -0.25) is 0 Å². The second-order valence-electron chi connectivity index (χ2n) is 6.63. The van der Waals surface area contributed by atoms with E-state index in [1.807, 2.05) is 37.3 Å². The summed E-state index contributed by atoms with van der Waals surface area (Å²) in [7, 11) is -1.55. The summed E-state index contributed by atoms with van der Waals surface area (Å²) in [5.41, 5.74) is 6.23. The highest BCUT2D eigenvalue weighted by molar-refractivity contribution is 6.93. The summed E-state index contributed by atoms with van der Waals surface area (Å²) in [5, 5.41) is 1.27. The average molecular weight is 337 g/mol. The van der Waals surface area contributed by atoms with E-state index in [1.54, 1.807) is 6.07 Å². The Morgan fingerprint density at radius 3 is 2.33 bits per heavy atom. The Hall–Kier alpha value is -2.35. The van der Waals surface area contributed by atoms with Crippen LogP contribution in [0.15, 0.2) is 60.3 Å². The van der Waals surface area contributed by atoms with Crippen molar-refractivity contribution in [2.75, 3.05) is 6.61 Å². The number of esters is 1. The second kappa shape index (κ2) is 7.96. The molecule has 0 aliphatic heterocycles. The molecule has 0 atom stereocenters. The Kier molecular flexibility index (Phi) is 5.97. The van der Waals surface area contributed by atoms with E-state index in [2.05, 4.69) is 49.6 Å². The summed E-state index contributed by atoms with van der Waals surface area (Å²) in [6.07, 6.45) is 1.96. The molecule has 2 rings (SSSR count). The van der Waals surface area contributed by atoms with Gasteiger partial charge >= 0.3 is 5.97 Å². The van der Waals surface area contributed by atoms with Crippen molar-refractivity contribution >= 4 is 25.3 Å². The van der Waals surface area contributed by atoms with E-state index in [0.29, 0.717) is 12.2 Å². The fraction of sp³-hybridized carbons (Fsp3) is 0.238. The highest BCUT2D eigenvalue weighted by Gasteiger charge is 2.20. The van der Waals surface area contributed by atoms with Gasteiger partial charge in [-0.25, -0.2) is 4.79 Å². The zero-order valence-electron chi connectivity index (χ0n) is 14.8. The lowest BCUT2D eigenvalue weighted by Crippen LogP contribution is -2.22. The van der Waals surface area contributed by atoms with Crippen molar-refractivity contribution in [2.45, 2.75) is 26.6 Å². The van der Waals surface area contributed by atoms with Gasteiger partial charge < -0.3 is 4.74 Å². The summed E-state index contributed by atoms with van der Waals surface area (Å²) < 4.78 is 5.06. The highest BCUT2D eigenvalue weighted by Crippen LogP contribution is 2.25. The molecule has 0 saturated heterocycles. The van der Waals surface area contributed by atoms with Crippen molar-refractivity contribution in [3.63, 3.8) is 0 Å². The van der Waals surface area contributed by atoms with Crippen LogP contribution in [-0.2, 0) is 4.74 Å². The molecule has 0 radical (unpaired) electrons. The lowest BCUT2D eigenvalue weighted by molar-refractivity contribution is 0.0526. The molecule has 0 N–H and O–H groups in total. The molecule has 0 heterocycles. The maximum absolute atomic E-state index is 11.9. The van der Waals surface area contributed by atoms with Crippen LogP contribution < -0.4 is 0 Å². The quantitative estimate of drug-likeness (QED) is 0.413. The van der Waals surface area contributed by atoms with Gasteiger partial charge in [0.1, 0.15) is 0 Å². The number of carbonyl (C=O) groups excluding carboxylic acids is 1. The number of hydrogen-bond acceptors (Lipinski definition) is 2. The number of ether oxygens (including phenoxy) is 1. The van der Waals surface area contributed by atoms with E-state index in [4.69, 9.17) is 4.74 Å². The summed E-state index contributed by atoms with van der Waals surface area (Å²) in [5.74, 6) is -0.287. The van der Waals surface area contributed by atoms with Gasteiger partial charge in [0.05, 0.1) is 20.2 Å². The van der Waals surface area contributed by atoms with Crippen LogP contribution in [0.1, 0.15) is 28.4 Å². The largest absolute Gasteiger partial charge is 0.462 e. The van der Waals surface area contributed by atoms with E-state index in [-0.39, 0.29) is 5.97 Å². The second-order valence-corrected chi connectivity index (χ2v) is 11.6. The summed E-state index contributed by atoms with van der Waals surface area (Å²) >= 11 is 0. The van der Waals surface area contributed by atoms with Crippen LogP contribution in [0.4, 0.5) is 0 Å². The molecule has 0 aliphatic carbocycles. The lowest BCUT2D eigenvalue weighted by Gasteiger charge is -2.19. The van der Waals surface area contributed by atoms with Crippen LogP contribution in [0.25, 0.3) is 11.3 Å². The molecular weight excluding hydrogens is 312 g/mol. The van der Waals surface area contributed by atoms with Gasteiger partial charge in [-0.1, -0.05) is 62.1 Å². The maximum atomic E-state index is 11.9. The normalized spacial score (nSPS) is 10.7. The van der Waals surface area contributed by atoms with Crippen LogP contribution in [0.5, 0.6) is 0 Å². The number of rotatable bonds is 5. The minimum atomic E-state index is -1.55. The van der Waals surface area contributed by atoms with E-state index >= 15 is 0 Å². The van der Waals surface area contributed by atoms with Crippen molar-refractivity contribution in [2.24, 2.45) is 0 Å². The standard InChI is InChI=1S/C21H24O2Si/c1-5-23-21(22)19-13-9-10-17(16-19)14-15-20(24(2,3)4)18-11-7-6-8-12-18/h6-14,16H,5H2,1-4H3. The smallest absolute Gasteiger partial charge is 0.338 e. The molecule has 2 aromatic rings. The fourth-order valence-corrected chi connectivity index (χ4v) is 4.00. The van der Waals surface area contributed by atoms with Gasteiger partial charge in [0.25, 0.3) is 0 Å². The van der Waals surface area contributed by atoms with Crippen LogP contribution in [0.2, 0.25) is 19.6 Å². The Bertz CT molecular complexity index is 764. The predicted molar refractivity (Wildman–Crippen MR) is 104 cm³/mol. The SMILES string of the molecule is CCOC(=O)c1cccc(C=C=C(c2ccccc2)[Si](C)(C)C)c1. The van der Waals surface area contributed by atoms with Crippen molar-refractivity contribution in [3.05, 3.63) is 77.0 Å². The first-order chi connectivity index (χ1) is 11.4. The molecule has 0 fully saturated rings. The van der Waals surface area contributed by atoms with E-state index in [9.17, 15) is 4.79 Å². The number of hydrogen-bond donors (Lipinski definition) is 0. The monoisotopic (exact) mass is 336 g/mol. The molecule has 124 valence electrons. The molecule has 0 amide bonds. The third-order valence-corrected chi connectivity index (χ3v) is 5.53. The first-order valence-electron chi connectivity index (χ1n) is 8.21. The Morgan fingerprint density at radius 2 is 1.71 bits per heavy atom. The molecule has 0 unspecified atom stereocenters. The van der Waals surface area contributed by atoms with Crippen molar-refractivity contribution < 1.29 is 9.53 Å². The molecular formula is C21H24O2Si. The molecule has 2 nitrogen and oxygen atoms in total. The molecule has 0 aliphatic rings. The van der Waals surface area contributed by atoms with Crippen LogP contribution in [0.3, 0.4) is 0 Å². The van der Waals surface area contributed by atoms with Crippen LogP contribution in [0, 0.1) is 0 Å². The molecule has 24 heavy (non-hydrogen) atoms. The van der Waals surface area contributed by atoms with E-state index in [1.165, 1.54) is 10.8 Å². The van der Waals surface area contributed by atoms with Crippen molar-refractivity contribution in [1.29, 1.82) is 0 Å². The Balaban J connectivity index is 2.43. The average Bonchev–Trinajstić information content (AvgIpc) is 2.55. The van der Waals surface area contributed by atoms with Gasteiger partial charge in [-0.15, -0.1) is 5.73 Å². The summed E-state index contributed by atoms with van der Waals surface area (Å²) in [4.78, 5) is 11.9.